The molecule has 0 unspecified atom stereocenters. The van der Waals surface area contributed by atoms with Crippen LogP contribution in [0.5, 0.6) is 11.5 Å². The van der Waals surface area contributed by atoms with Crippen LogP contribution < -0.4 is 4.74 Å². The maximum Gasteiger partial charge on any atom is 0.200 e. The average molecular weight is 270 g/mol. The van der Waals surface area contributed by atoms with E-state index >= 15 is 0 Å². The molecule has 0 aliphatic rings. The van der Waals surface area contributed by atoms with E-state index in [9.17, 15) is 9.90 Å². The minimum absolute atomic E-state index is 0.00545. The second-order valence-electron chi connectivity index (χ2n) is 4.98. The van der Waals surface area contributed by atoms with Gasteiger partial charge in [-0.3, -0.25) is 4.79 Å². The molecule has 0 aromatic heterocycles. The average Bonchev–Trinajstić information content (AvgIpc) is 2.40. The summed E-state index contributed by atoms with van der Waals surface area (Å²) >= 11 is 0. The highest BCUT2D eigenvalue weighted by Gasteiger charge is 2.12. The molecule has 0 spiro atoms. The third-order valence-electron chi connectivity index (χ3n) is 3.20. The van der Waals surface area contributed by atoms with Gasteiger partial charge in [-0.25, -0.2) is 0 Å². The molecule has 0 saturated heterocycles. The molecule has 0 aliphatic heterocycles. The zero-order valence-electron chi connectivity index (χ0n) is 11.9. The van der Waals surface area contributed by atoms with Gasteiger partial charge in [0.1, 0.15) is 11.5 Å². The number of benzene rings is 2. The molecule has 2 aromatic carbocycles. The molecule has 0 heterocycles. The van der Waals surface area contributed by atoms with E-state index in [1.165, 1.54) is 0 Å². The third-order valence-corrected chi connectivity index (χ3v) is 3.20. The molecule has 3 heteroatoms. The summed E-state index contributed by atoms with van der Waals surface area (Å²) in [5.74, 6) is 0.803. The quantitative estimate of drug-likeness (QED) is 0.864. The van der Waals surface area contributed by atoms with Crippen LogP contribution in [0.2, 0.25) is 0 Å². The van der Waals surface area contributed by atoms with Crippen molar-refractivity contribution in [3.8, 4) is 11.5 Å². The van der Waals surface area contributed by atoms with Crippen LogP contribution in [0.4, 0.5) is 0 Å². The maximum atomic E-state index is 12.2. The molecule has 0 bridgehead atoms. The summed E-state index contributed by atoms with van der Waals surface area (Å²) in [7, 11) is 0. The second kappa shape index (κ2) is 5.78. The smallest absolute Gasteiger partial charge is 0.200 e. The molecular weight excluding hydrogens is 252 g/mol. The zero-order valence-corrected chi connectivity index (χ0v) is 11.9. The summed E-state index contributed by atoms with van der Waals surface area (Å²) < 4.78 is 5.52. The topological polar surface area (TPSA) is 46.5 Å². The lowest BCUT2D eigenvalue weighted by Crippen LogP contribution is -2.13. The lowest BCUT2D eigenvalue weighted by molar-refractivity contribution is 0.0920. The molecule has 0 radical (unpaired) electrons. The Morgan fingerprint density at radius 2 is 1.85 bits per heavy atom. The molecule has 2 rings (SSSR count). The first-order valence-corrected chi connectivity index (χ1v) is 6.50. The number of aromatic hydroxyl groups is 1. The highest BCUT2D eigenvalue weighted by atomic mass is 16.5. The number of ether oxygens (including phenoxy) is 1. The van der Waals surface area contributed by atoms with Crippen molar-refractivity contribution in [3.05, 3.63) is 58.7 Å². The van der Waals surface area contributed by atoms with Crippen LogP contribution in [0.1, 0.15) is 27.0 Å². The number of carbonyl (C=O) groups is 1. The van der Waals surface area contributed by atoms with Crippen LogP contribution in [0.15, 0.2) is 36.4 Å². The first-order valence-electron chi connectivity index (χ1n) is 6.50. The van der Waals surface area contributed by atoms with Crippen molar-refractivity contribution in [1.29, 1.82) is 0 Å². The van der Waals surface area contributed by atoms with Crippen molar-refractivity contribution in [3.63, 3.8) is 0 Å². The van der Waals surface area contributed by atoms with E-state index in [1.807, 2.05) is 31.2 Å². The summed E-state index contributed by atoms with van der Waals surface area (Å²) in [6.45, 7) is 5.54. The van der Waals surface area contributed by atoms with Gasteiger partial charge < -0.3 is 9.84 Å². The molecule has 2 aromatic rings. The summed E-state index contributed by atoms with van der Waals surface area (Å²) in [4.78, 5) is 12.2. The Morgan fingerprint density at radius 3 is 2.55 bits per heavy atom. The second-order valence-corrected chi connectivity index (χ2v) is 4.98. The van der Waals surface area contributed by atoms with Gasteiger partial charge >= 0.3 is 0 Å². The minimum Gasteiger partial charge on any atom is -0.508 e. The van der Waals surface area contributed by atoms with Crippen molar-refractivity contribution in [2.45, 2.75) is 20.8 Å². The summed E-state index contributed by atoms with van der Waals surface area (Å²) in [6, 6.07) is 10.9. The van der Waals surface area contributed by atoms with Gasteiger partial charge in [0.2, 0.25) is 0 Å². The molecule has 0 fully saturated rings. The van der Waals surface area contributed by atoms with Gasteiger partial charge in [-0.1, -0.05) is 12.1 Å². The van der Waals surface area contributed by atoms with Gasteiger partial charge in [-0.2, -0.15) is 0 Å². The van der Waals surface area contributed by atoms with Gasteiger partial charge in [-0.05, 0) is 61.7 Å². The lowest BCUT2D eigenvalue weighted by atomic mass is 10.0. The largest absolute Gasteiger partial charge is 0.508 e. The number of phenolic OH excluding ortho intramolecular Hbond substituents is 1. The van der Waals surface area contributed by atoms with E-state index in [1.54, 1.807) is 26.0 Å². The number of carbonyl (C=O) groups excluding carboxylic acids is 1. The van der Waals surface area contributed by atoms with Crippen LogP contribution in [-0.4, -0.2) is 17.5 Å². The Kier molecular flexibility index (Phi) is 4.08. The van der Waals surface area contributed by atoms with Gasteiger partial charge in [0.25, 0.3) is 0 Å². The van der Waals surface area contributed by atoms with Crippen LogP contribution in [0.3, 0.4) is 0 Å². The minimum atomic E-state index is -0.0906. The molecule has 104 valence electrons. The van der Waals surface area contributed by atoms with Gasteiger partial charge in [0.15, 0.2) is 12.4 Å². The van der Waals surface area contributed by atoms with E-state index in [4.69, 9.17) is 4.74 Å². The van der Waals surface area contributed by atoms with E-state index in [-0.39, 0.29) is 18.1 Å². The molecule has 20 heavy (non-hydrogen) atoms. The summed E-state index contributed by atoms with van der Waals surface area (Å²) in [6.07, 6.45) is 0. The monoisotopic (exact) mass is 270 g/mol. The van der Waals surface area contributed by atoms with E-state index in [0.717, 1.165) is 11.1 Å². The molecule has 0 aliphatic carbocycles. The predicted octanol–water partition coefficient (Wildman–Crippen LogP) is 3.58. The third kappa shape index (κ3) is 3.18. The summed E-state index contributed by atoms with van der Waals surface area (Å²) in [5.41, 5.74) is 3.13. The standard InChI is InChI=1S/C17H18O3/c1-11-5-4-6-14(7-11)20-10-17(19)15-8-13(3)16(18)9-12(15)2/h4-9,18H,10H2,1-3H3. The van der Waals surface area contributed by atoms with Crippen molar-refractivity contribution in [2.75, 3.05) is 6.61 Å². The first-order chi connectivity index (χ1) is 9.47. The predicted molar refractivity (Wildman–Crippen MR) is 78.6 cm³/mol. The normalized spacial score (nSPS) is 10.3. The summed E-state index contributed by atoms with van der Waals surface area (Å²) in [5, 5.41) is 9.60. The Bertz CT molecular complexity index is 645. The fraction of sp³-hybridized carbons (Fsp3) is 0.235. The first kappa shape index (κ1) is 14.1. The Balaban J connectivity index is 2.11. The van der Waals surface area contributed by atoms with Gasteiger partial charge in [-0.15, -0.1) is 0 Å². The van der Waals surface area contributed by atoms with Crippen molar-refractivity contribution in [2.24, 2.45) is 0 Å². The fourth-order valence-electron chi connectivity index (χ4n) is 2.03. The number of phenols is 1. The number of Topliss-reactive ketones (excluding diaryl/α,β-unsaturated/α-hetero) is 1. The number of aryl methyl sites for hydroxylation is 3. The Hall–Kier alpha value is -2.29. The van der Waals surface area contributed by atoms with E-state index in [0.29, 0.717) is 16.9 Å². The van der Waals surface area contributed by atoms with Gasteiger partial charge in [0.05, 0.1) is 0 Å². The number of hydrogen-bond donors (Lipinski definition) is 1. The van der Waals surface area contributed by atoms with E-state index < -0.39 is 0 Å². The lowest BCUT2D eigenvalue weighted by Gasteiger charge is -2.10. The van der Waals surface area contributed by atoms with Crippen LogP contribution in [0, 0.1) is 20.8 Å². The molecule has 0 atom stereocenters. The highest BCUT2D eigenvalue weighted by Crippen LogP contribution is 2.22. The van der Waals surface area contributed by atoms with Crippen LogP contribution in [-0.2, 0) is 0 Å². The zero-order chi connectivity index (χ0) is 14.7. The Morgan fingerprint density at radius 1 is 1.10 bits per heavy atom. The van der Waals surface area contributed by atoms with Crippen LogP contribution in [0.25, 0.3) is 0 Å². The van der Waals surface area contributed by atoms with Crippen molar-refractivity contribution in [1.82, 2.24) is 0 Å². The molecular formula is C17H18O3. The Labute approximate surface area is 118 Å². The number of hydrogen-bond acceptors (Lipinski definition) is 3. The maximum absolute atomic E-state index is 12.2. The van der Waals surface area contributed by atoms with Crippen molar-refractivity contribution >= 4 is 5.78 Å². The van der Waals surface area contributed by atoms with Gasteiger partial charge in [0, 0.05) is 5.56 Å². The number of rotatable bonds is 4. The molecule has 0 saturated carbocycles. The van der Waals surface area contributed by atoms with Crippen LogP contribution >= 0.6 is 0 Å². The molecule has 0 amide bonds. The van der Waals surface area contributed by atoms with E-state index in [2.05, 4.69) is 0 Å². The van der Waals surface area contributed by atoms with Crippen molar-refractivity contribution < 1.29 is 14.6 Å². The molecule has 3 nitrogen and oxygen atoms in total. The molecule has 1 N–H and O–H groups in total. The highest BCUT2D eigenvalue weighted by molar-refractivity contribution is 5.99. The number of ketones is 1. The SMILES string of the molecule is Cc1cccc(OCC(=O)c2cc(C)c(O)cc2C)c1. The fourth-order valence-corrected chi connectivity index (χ4v) is 2.03.